The second kappa shape index (κ2) is 6.70. The number of halogens is 1. The number of sulfonamides is 1. The first-order chi connectivity index (χ1) is 11.5. The Hall–Kier alpha value is -2.25. The number of hydrogen-bond acceptors (Lipinski definition) is 4. The van der Waals surface area contributed by atoms with Crippen molar-refractivity contribution in [3.05, 3.63) is 71.1 Å². The summed E-state index contributed by atoms with van der Waals surface area (Å²) < 4.78 is 28.2. The molecule has 5 nitrogen and oxygen atoms in total. The standard InChI is InChI=1S/C17H14BrN3O2S/c1-12-19-10-9-16(20-12)13-5-4-6-14(11-13)21-24(22,23)17-8-3-2-7-15(17)18/h2-11,21H,1H3. The lowest BCUT2D eigenvalue weighted by atomic mass is 10.1. The summed E-state index contributed by atoms with van der Waals surface area (Å²) in [6.45, 7) is 1.81. The maximum atomic E-state index is 12.6. The highest BCUT2D eigenvalue weighted by Crippen LogP contribution is 2.26. The third-order valence-electron chi connectivity index (χ3n) is 3.31. The lowest BCUT2D eigenvalue weighted by Crippen LogP contribution is -2.13. The highest BCUT2D eigenvalue weighted by atomic mass is 79.9. The third-order valence-corrected chi connectivity index (χ3v) is 5.71. The Labute approximate surface area is 149 Å². The average molecular weight is 404 g/mol. The molecule has 3 aromatic rings. The van der Waals surface area contributed by atoms with E-state index in [-0.39, 0.29) is 4.90 Å². The normalized spacial score (nSPS) is 11.2. The molecule has 0 aliphatic carbocycles. The monoisotopic (exact) mass is 403 g/mol. The molecule has 0 bridgehead atoms. The second-order valence-corrected chi connectivity index (χ2v) is 7.61. The first-order valence-electron chi connectivity index (χ1n) is 7.13. The predicted molar refractivity (Wildman–Crippen MR) is 97.2 cm³/mol. The van der Waals surface area contributed by atoms with Crippen LogP contribution in [0.1, 0.15) is 5.82 Å². The van der Waals surface area contributed by atoms with Gasteiger partial charge in [-0.3, -0.25) is 4.72 Å². The summed E-state index contributed by atoms with van der Waals surface area (Å²) in [5.41, 5.74) is 2.02. The van der Waals surface area contributed by atoms with E-state index in [1.165, 1.54) is 0 Å². The van der Waals surface area contributed by atoms with Gasteiger partial charge in [0.05, 0.1) is 5.69 Å². The number of anilines is 1. The zero-order chi connectivity index (χ0) is 17.2. The van der Waals surface area contributed by atoms with Gasteiger partial charge in [0.2, 0.25) is 0 Å². The Morgan fingerprint density at radius 3 is 2.58 bits per heavy atom. The molecule has 0 saturated heterocycles. The number of rotatable bonds is 4. The molecule has 0 unspecified atom stereocenters. The number of nitrogens with zero attached hydrogens (tertiary/aromatic N) is 2. The molecule has 3 rings (SSSR count). The lowest BCUT2D eigenvalue weighted by molar-refractivity contribution is 0.601. The van der Waals surface area contributed by atoms with Crippen molar-refractivity contribution in [2.75, 3.05) is 4.72 Å². The van der Waals surface area contributed by atoms with Crippen LogP contribution < -0.4 is 4.72 Å². The Bertz CT molecular complexity index is 990. The van der Waals surface area contributed by atoms with E-state index < -0.39 is 10.0 Å². The van der Waals surface area contributed by atoms with Crippen molar-refractivity contribution in [3.63, 3.8) is 0 Å². The van der Waals surface area contributed by atoms with Gasteiger partial charge in [-0.1, -0.05) is 24.3 Å². The summed E-state index contributed by atoms with van der Waals surface area (Å²) in [4.78, 5) is 8.61. The van der Waals surface area contributed by atoms with E-state index in [4.69, 9.17) is 0 Å². The molecule has 1 aromatic heterocycles. The summed E-state index contributed by atoms with van der Waals surface area (Å²) >= 11 is 3.27. The third kappa shape index (κ3) is 3.63. The summed E-state index contributed by atoms with van der Waals surface area (Å²) in [5.74, 6) is 0.659. The number of benzene rings is 2. The largest absolute Gasteiger partial charge is 0.280 e. The highest BCUT2D eigenvalue weighted by molar-refractivity contribution is 9.10. The summed E-state index contributed by atoms with van der Waals surface area (Å²) in [7, 11) is -3.68. The van der Waals surface area contributed by atoms with Crippen LogP contribution in [-0.2, 0) is 10.0 Å². The maximum absolute atomic E-state index is 12.6. The molecule has 0 aliphatic heterocycles. The molecule has 0 saturated carbocycles. The van der Waals surface area contributed by atoms with E-state index in [1.807, 2.05) is 13.0 Å². The van der Waals surface area contributed by atoms with Crippen molar-refractivity contribution in [1.82, 2.24) is 9.97 Å². The van der Waals surface area contributed by atoms with Crippen molar-refractivity contribution in [2.45, 2.75) is 11.8 Å². The van der Waals surface area contributed by atoms with Crippen LogP contribution in [0.5, 0.6) is 0 Å². The molecular weight excluding hydrogens is 390 g/mol. The van der Waals surface area contributed by atoms with Crippen LogP contribution in [0.2, 0.25) is 0 Å². The van der Waals surface area contributed by atoms with Crippen LogP contribution in [0.3, 0.4) is 0 Å². The molecule has 0 spiro atoms. The molecule has 0 fully saturated rings. The molecule has 1 heterocycles. The smallest absolute Gasteiger partial charge is 0.263 e. The van der Waals surface area contributed by atoms with Gasteiger partial charge in [0, 0.05) is 21.9 Å². The molecule has 0 aliphatic rings. The number of nitrogens with one attached hydrogen (secondary N) is 1. The van der Waals surface area contributed by atoms with Crippen molar-refractivity contribution in [1.29, 1.82) is 0 Å². The molecule has 2 aromatic carbocycles. The van der Waals surface area contributed by atoms with Crippen molar-refractivity contribution in [2.24, 2.45) is 0 Å². The number of aryl methyl sites for hydroxylation is 1. The van der Waals surface area contributed by atoms with Crippen molar-refractivity contribution >= 4 is 31.6 Å². The molecule has 7 heteroatoms. The van der Waals surface area contributed by atoms with Gasteiger partial charge < -0.3 is 0 Å². The Kier molecular flexibility index (Phi) is 4.64. The van der Waals surface area contributed by atoms with E-state index in [0.29, 0.717) is 16.0 Å². The molecule has 122 valence electrons. The van der Waals surface area contributed by atoms with E-state index in [2.05, 4.69) is 30.6 Å². The van der Waals surface area contributed by atoms with Crippen LogP contribution in [0.25, 0.3) is 11.3 Å². The number of aromatic nitrogens is 2. The van der Waals surface area contributed by atoms with Crippen LogP contribution in [0, 0.1) is 6.92 Å². The van der Waals surface area contributed by atoms with Gasteiger partial charge in [-0.15, -0.1) is 0 Å². The van der Waals surface area contributed by atoms with Gasteiger partial charge in [0.15, 0.2) is 0 Å². The average Bonchev–Trinajstić information content (AvgIpc) is 2.55. The summed E-state index contributed by atoms with van der Waals surface area (Å²) in [5, 5.41) is 0. The quantitative estimate of drug-likeness (QED) is 0.713. The highest BCUT2D eigenvalue weighted by Gasteiger charge is 2.17. The minimum absolute atomic E-state index is 0.188. The van der Waals surface area contributed by atoms with Gasteiger partial charge in [0.1, 0.15) is 10.7 Å². The van der Waals surface area contributed by atoms with Gasteiger partial charge >= 0.3 is 0 Å². The Balaban J connectivity index is 1.94. The van der Waals surface area contributed by atoms with Gasteiger partial charge in [0.25, 0.3) is 10.0 Å². The molecular formula is C17H14BrN3O2S. The van der Waals surface area contributed by atoms with Crippen molar-refractivity contribution in [3.8, 4) is 11.3 Å². The fourth-order valence-corrected chi connectivity index (χ4v) is 4.29. The zero-order valence-corrected chi connectivity index (χ0v) is 15.2. The lowest BCUT2D eigenvalue weighted by Gasteiger charge is -2.10. The first kappa shape index (κ1) is 16.6. The summed E-state index contributed by atoms with van der Waals surface area (Å²) in [6, 6.07) is 15.6. The van der Waals surface area contributed by atoms with Gasteiger partial charge in [-0.05, 0) is 53.2 Å². The second-order valence-electron chi connectivity index (χ2n) is 5.11. The Morgan fingerprint density at radius 1 is 1.04 bits per heavy atom. The van der Waals surface area contributed by atoms with Crippen molar-refractivity contribution < 1.29 is 8.42 Å². The molecule has 1 N–H and O–H groups in total. The molecule has 0 amide bonds. The zero-order valence-electron chi connectivity index (χ0n) is 12.8. The van der Waals surface area contributed by atoms with E-state index in [0.717, 1.165) is 11.3 Å². The first-order valence-corrected chi connectivity index (χ1v) is 9.41. The van der Waals surface area contributed by atoms with Crippen LogP contribution in [0.4, 0.5) is 5.69 Å². The van der Waals surface area contributed by atoms with Crippen LogP contribution >= 0.6 is 15.9 Å². The SMILES string of the molecule is Cc1nccc(-c2cccc(NS(=O)(=O)c3ccccc3Br)c2)n1. The minimum Gasteiger partial charge on any atom is -0.280 e. The molecule has 24 heavy (non-hydrogen) atoms. The minimum atomic E-state index is -3.68. The summed E-state index contributed by atoms with van der Waals surface area (Å²) in [6.07, 6.45) is 1.68. The Morgan fingerprint density at radius 2 is 1.83 bits per heavy atom. The maximum Gasteiger partial charge on any atom is 0.263 e. The topological polar surface area (TPSA) is 72.0 Å². The van der Waals surface area contributed by atoms with Crippen LogP contribution in [0.15, 0.2) is 70.2 Å². The van der Waals surface area contributed by atoms with E-state index in [9.17, 15) is 8.42 Å². The van der Waals surface area contributed by atoms with Gasteiger partial charge in [-0.2, -0.15) is 0 Å². The number of hydrogen-bond donors (Lipinski definition) is 1. The fraction of sp³-hybridized carbons (Fsp3) is 0.0588. The predicted octanol–water partition coefficient (Wildman–Crippen LogP) is 4.02. The van der Waals surface area contributed by atoms with Crippen LogP contribution in [-0.4, -0.2) is 18.4 Å². The van der Waals surface area contributed by atoms with Gasteiger partial charge in [-0.25, -0.2) is 18.4 Å². The van der Waals surface area contributed by atoms with E-state index >= 15 is 0 Å². The fourth-order valence-electron chi connectivity index (χ4n) is 2.23. The molecule has 0 atom stereocenters. The molecule has 0 radical (unpaired) electrons. The van der Waals surface area contributed by atoms with E-state index in [1.54, 1.807) is 54.7 Å².